The van der Waals surface area contributed by atoms with E-state index in [1.54, 1.807) is 4.68 Å². The first-order valence-corrected chi connectivity index (χ1v) is 3.99. The van der Waals surface area contributed by atoms with Gasteiger partial charge < -0.3 is 0 Å². The molecule has 0 aromatic carbocycles. The van der Waals surface area contributed by atoms with Gasteiger partial charge in [-0.2, -0.15) is 5.10 Å². The van der Waals surface area contributed by atoms with Gasteiger partial charge in [-0.15, -0.1) is 0 Å². The SMILES string of the molecule is CCCn1ncc(F)c1CC. The molecule has 1 aromatic heterocycles. The summed E-state index contributed by atoms with van der Waals surface area (Å²) in [5.41, 5.74) is 0.715. The predicted molar refractivity (Wildman–Crippen MR) is 41.9 cm³/mol. The minimum Gasteiger partial charge on any atom is -0.267 e. The number of hydrogen-bond acceptors (Lipinski definition) is 1. The summed E-state index contributed by atoms with van der Waals surface area (Å²) in [5, 5.41) is 3.92. The molecule has 0 aliphatic heterocycles. The molecular weight excluding hydrogens is 143 g/mol. The standard InChI is InChI=1S/C8H13FN2/c1-3-5-11-8(4-2)7(9)6-10-11/h6H,3-5H2,1-2H3. The summed E-state index contributed by atoms with van der Waals surface area (Å²) in [6, 6.07) is 0. The molecule has 0 saturated heterocycles. The fourth-order valence-corrected chi connectivity index (χ4v) is 1.14. The number of aryl methyl sites for hydroxylation is 1. The lowest BCUT2D eigenvalue weighted by atomic mass is 10.3. The number of halogens is 1. The lowest BCUT2D eigenvalue weighted by molar-refractivity contribution is 0.553. The van der Waals surface area contributed by atoms with Crippen molar-refractivity contribution in [1.29, 1.82) is 0 Å². The topological polar surface area (TPSA) is 17.8 Å². The van der Waals surface area contributed by atoms with Crippen LogP contribution in [0, 0.1) is 5.82 Å². The summed E-state index contributed by atoms with van der Waals surface area (Å²) in [6.45, 7) is 4.80. The molecule has 2 nitrogen and oxygen atoms in total. The number of aromatic nitrogens is 2. The minimum atomic E-state index is -0.180. The van der Waals surface area contributed by atoms with E-state index in [1.807, 2.05) is 6.92 Å². The molecule has 1 heterocycles. The molecule has 0 bridgehead atoms. The van der Waals surface area contributed by atoms with E-state index in [1.165, 1.54) is 6.20 Å². The van der Waals surface area contributed by atoms with E-state index in [4.69, 9.17) is 0 Å². The predicted octanol–water partition coefficient (Wildman–Crippen LogP) is 1.99. The molecule has 0 atom stereocenters. The Hall–Kier alpha value is -0.860. The molecule has 0 radical (unpaired) electrons. The van der Waals surface area contributed by atoms with Crippen LogP contribution in [0.5, 0.6) is 0 Å². The lowest BCUT2D eigenvalue weighted by Crippen LogP contribution is -2.03. The Morgan fingerprint density at radius 3 is 2.82 bits per heavy atom. The van der Waals surface area contributed by atoms with E-state index in [2.05, 4.69) is 12.0 Å². The van der Waals surface area contributed by atoms with Gasteiger partial charge in [0, 0.05) is 6.54 Å². The molecule has 1 aromatic rings. The van der Waals surface area contributed by atoms with Gasteiger partial charge in [0.15, 0.2) is 5.82 Å². The molecule has 0 aliphatic rings. The highest BCUT2D eigenvalue weighted by atomic mass is 19.1. The molecule has 0 N–H and O–H groups in total. The van der Waals surface area contributed by atoms with Crippen molar-refractivity contribution in [2.45, 2.75) is 33.2 Å². The van der Waals surface area contributed by atoms with Gasteiger partial charge in [0.2, 0.25) is 0 Å². The van der Waals surface area contributed by atoms with Crippen LogP contribution in [0.15, 0.2) is 6.20 Å². The Balaban J connectivity index is 2.86. The third kappa shape index (κ3) is 1.59. The van der Waals surface area contributed by atoms with E-state index >= 15 is 0 Å². The molecule has 11 heavy (non-hydrogen) atoms. The van der Waals surface area contributed by atoms with Crippen LogP contribution in [0.2, 0.25) is 0 Å². The van der Waals surface area contributed by atoms with Gasteiger partial charge in [-0.1, -0.05) is 13.8 Å². The second-order valence-corrected chi connectivity index (χ2v) is 2.52. The molecule has 0 spiro atoms. The molecule has 0 fully saturated rings. The highest BCUT2D eigenvalue weighted by Gasteiger charge is 2.06. The van der Waals surface area contributed by atoms with E-state index in [0.29, 0.717) is 12.1 Å². The second-order valence-electron chi connectivity index (χ2n) is 2.52. The highest BCUT2D eigenvalue weighted by molar-refractivity contribution is 5.03. The van der Waals surface area contributed by atoms with Crippen molar-refractivity contribution in [2.24, 2.45) is 0 Å². The monoisotopic (exact) mass is 156 g/mol. The van der Waals surface area contributed by atoms with Crippen molar-refractivity contribution >= 4 is 0 Å². The Bertz CT molecular complexity index is 230. The summed E-state index contributed by atoms with van der Waals surface area (Å²) in [5.74, 6) is -0.180. The smallest absolute Gasteiger partial charge is 0.164 e. The fraction of sp³-hybridized carbons (Fsp3) is 0.625. The molecule has 3 heteroatoms. The summed E-state index contributed by atoms with van der Waals surface area (Å²) < 4.78 is 14.6. The third-order valence-corrected chi connectivity index (χ3v) is 1.67. The summed E-state index contributed by atoms with van der Waals surface area (Å²) >= 11 is 0. The fourth-order valence-electron chi connectivity index (χ4n) is 1.14. The Morgan fingerprint density at radius 1 is 1.55 bits per heavy atom. The zero-order valence-corrected chi connectivity index (χ0v) is 6.97. The van der Waals surface area contributed by atoms with Crippen molar-refractivity contribution in [3.05, 3.63) is 17.7 Å². The van der Waals surface area contributed by atoms with Crippen molar-refractivity contribution in [2.75, 3.05) is 0 Å². The first-order valence-electron chi connectivity index (χ1n) is 3.99. The number of nitrogens with zero attached hydrogens (tertiary/aromatic N) is 2. The van der Waals surface area contributed by atoms with Gasteiger partial charge in [0.25, 0.3) is 0 Å². The van der Waals surface area contributed by atoms with Crippen LogP contribution < -0.4 is 0 Å². The van der Waals surface area contributed by atoms with Gasteiger partial charge >= 0.3 is 0 Å². The van der Waals surface area contributed by atoms with Gasteiger partial charge in [-0.05, 0) is 12.8 Å². The molecular formula is C8H13FN2. The first kappa shape index (κ1) is 8.24. The molecule has 0 amide bonds. The number of hydrogen-bond donors (Lipinski definition) is 0. The molecule has 0 unspecified atom stereocenters. The van der Waals surface area contributed by atoms with Gasteiger partial charge in [0.05, 0.1) is 11.9 Å². The van der Waals surface area contributed by atoms with Crippen LogP contribution in [0.25, 0.3) is 0 Å². The normalized spacial score (nSPS) is 10.5. The average Bonchev–Trinajstić information content (AvgIpc) is 2.33. The molecule has 62 valence electrons. The molecule has 1 rings (SSSR count). The van der Waals surface area contributed by atoms with E-state index < -0.39 is 0 Å². The van der Waals surface area contributed by atoms with E-state index in [-0.39, 0.29) is 5.82 Å². The van der Waals surface area contributed by atoms with Crippen molar-refractivity contribution in [3.8, 4) is 0 Å². The minimum absolute atomic E-state index is 0.180. The van der Waals surface area contributed by atoms with Crippen LogP contribution in [-0.4, -0.2) is 9.78 Å². The van der Waals surface area contributed by atoms with Crippen LogP contribution in [0.4, 0.5) is 4.39 Å². The van der Waals surface area contributed by atoms with Crippen LogP contribution >= 0.6 is 0 Å². The average molecular weight is 156 g/mol. The lowest BCUT2D eigenvalue weighted by Gasteiger charge is -2.02. The second kappa shape index (κ2) is 3.51. The van der Waals surface area contributed by atoms with Crippen LogP contribution in [0.3, 0.4) is 0 Å². The molecule has 0 saturated carbocycles. The van der Waals surface area contributed by atoms with Gasteiger partial charge in [-0.25, -0.2) is 4.39 Å². The Labute approximate surface area is 66.0 Å². The maximum Gasteiger partial charge on any atom is 0.164 e. The first-order chi connectivity index (χ1) is 5.29. The van der Waals surface area contributed by atoms with Crippen molar-refractivity contribution in [3.63, 3.8) is 0 Å². The summed E-state index contributed by atoms with van der Waals surface area (Å²) in [6.07, 6.45) is 2.99. The van der Waals surface area contributed by atoms with E-state index in [9.17, 15) is 4.39 Å². The zero-order valence-electron chi connectivity index (χ0n) is 6.97. The largest absolute Gasteiger partial charge is 0.267 e. The summed E-state index contributed by atoms with van der Waals surface area (Å²) in [4.78, 5) is 0. The van der Waals surface area contributed by atoms with Crippen molar-refractivity contribution < 1.29 is 4.39 Å². The zero-order chi connectivity index (χ0) is 8.27. The maximum absolute atomic E-state index is 12.9. The van der Waals surface area contributed by atoms with Crippen LogP contribution in [0.1, 0.15) is 26.0 Å². The number of rotatable bonds is 3. The Morgan fingerprint density at radius 2 is 2.27 bits per heavy atom. The summed E-state index contributed by atoms with van der Waals surface area (Å²) in [7, 11) is 0. The Kier molecular flexibility index (Phi) is 2.63. The third-order valence-electron chi connectivity index (χ3n) is 1.67. The highest BCUT2D eigenvalue weighted by Crippen LogP contribution is 2.07. The van der Waals surface area contributed by atoms with Gasteiger partial charge in [0.1, 0.15) is 0 Å². The van der Waals surface area contributed by atoms with Crippen molar-refractivity contribution in [1.82, 2.24) is 9.78 Å². The maximum atomic E-state index is 12.9. The molecule has 0 aliphatic carbocycles. The van der Waals surface area contributed by atoms with Gasteiger partial charge in [-0.3, -0.25) is 4.68 Å². The van der Waals surface area contributed by atoms with Crippen LogP contribution in [-0.2, 0) is 13.0 Å². The quantitative estimate of drug-likeness (QED) is 0.654. The van der Waals surface area contributed by atoms with E-state index in [0.717, 1.165) is 13.0 Å².